The number of carbonyl (C=O) groups excluding carboxylic acids is 1. The Morgan fingerprint density at radius 1 is 1.15 bits per heavy atom. The van der Waals surface area contributed by atoms with E-state index in [9.17, 15) is 4.79 Å². The van der Waals surface area contributed by atoms with Crippen LogP contribution in [0.15, 0.2) is 60.5 Å². The van der Waals surface area contributed by atoms with Gasteiger partial charge in [0.1, 0.15) is 11.6 Å². The number of rotatable bonds is 14. The molecular weight excluding hydrogens is 448 g/mol. The maximum Gasteiger partial charge on any atom is 0.229 e. The van der Waals surface area contributed by atoms with Gasteiger partial charge < -0.3 is 10.1 Å². The Morgan fingerprint density at radius 2 is 1.91 bits per heavy atom. The molecule has 8 nitrogen and oxygen atoms in total. The monoisotopic (exact) mass is 482 g/mol. The predicted molar refractivity (Wildman–Crippen MR) is 139 cm³/mol. The number of ether oxygens (including phenoxy) is 1. The second kappa shape index (κ2) is 14.0. The molecule has 1 amide bonds. The lowest BCUT2D eigenvalue weighted by Crippen LogP contribution is -2.18. The van der Waals surface area contributed by atoms with Crippen LogP contribution in [0.5, 0.6) is 0 Å². The SMILES string of the molecule is C=C/C(=C\C)COC(=C)N(C)c1nnc(CCCCc2ccc(NC(=O)C/C(C)=C/C)nn2)s1. The van der Waals surface area contributed by atoms with Crippen molar-refractivity contribution in [2.45, 2.75) is 52.9 Å². The van der Waals surface area contributed by atoms with E-state index in [1.54, 1.807) is 17.0 Å². The molecule has 0 aliphatic rings. The lowest BCUT2D eigenvalue weighted by atomic mass is 10.1. The smallest absolute Gasteiger partial charge is 0.229 e. The second-order valence-corrected chi connectivity index (χ2v) is 8.81. The first kappa shape index (κ1) is 26.9. The van der Waals surface area contributed by atoms with E-state index in [4.69, 9.17) is 4.74 Å². The number of aryl methyl sites for hydroxylation is 2. The average molecular weight is 483 g/mol. The fraction of sp³-hybridized carbons (Fsp3) is 0.400. The van der Waals surface area contributed by atoms with E-state index in [0.29, 0.717) is 24.7 Å². The molecule has 0 spiro atoms. The highest BCUT2D eigenvalue weighted by Gasteiger charge is 2.13. The number of hydrogen-bond acceptors (Lipinski definition) is 8. The van der Waals surface area contributed by atoms with Crippen LogP contribution in [0.3, 0.4) is 0 Å². The van der Waals surface area contributed by atoms with E-state index in [1.807, 2.05) is 46.0 Å². The molecule has 0 saturated heterocycles. The number of unbranched alkanes of at least 4 members (excludes halogenated alkanes) is 1. The quantitative estimate of drug-likeness (QED) is 0.170. The highest BCUT2D eigenvalue weighted by molar-refractivity contribution is 7.15. The Morgan fingerprint density at radius 3 is 2.56 bits per heavy atom. The molecule has 34 heavy (non-hydrogen) atoms. The summed E-state index contributed by atoms with van der Waals surface area (Å²) in [5.74, 6) is 0.897. The highest BCUT2D eigenvalue weighted by Crippen LogP contribution is 2.23. The van der Waals surface area contributed by atoms with Crippen LogP contribution < -0.4 is 10.2 Å². The molecule has 0 atom stereocenters. The fourth-order valence-corrected chi connectivity index (χ4v) is 3.66. The Hall–Kier alpha value is -3.33. The first-order valence-electron chi connectivity index (χ1n) is 11.3. The zero-order chi connectivity index (χ0) is 24.9. The molecule has 2 aromatic rings. The van der Waals surface area contributed by atoms with Crippen LogP contribution in [-0.4, -0.2) is 40.0 Å². The average Bonchev–Trinajstić information content (AvgIpc) is 3.31. The Labute approximate surface area is 206 Å². The van der Waals surface area contributed by atoms with Crippen molar-refractivity contribution < 1.29 is 9.53 Å². The van der Waals surface area contributed by atoms with E-state index in [2.05, 4.69) is 38.9 Å². The number of hydrogen-bond donors (Lipinski definition) is 1. The van der Waals surface area contributed by atoms with Gasteiger partial charge >= 0.3 is 0 Å². The first-order valence-corrected chi connectivity index (χ1v) is 12.1. The molecule has 0 bridgehead atoms. The van der Waals surface area contributed by atoms with Crippen molar-refractivity contribution in [3.63, 3.8) is 0 Å². The van der Waals surface area contributed by atoms with Crippen molar-refractivity contribution in [1.29, 1.82) is 0 Å². The topological polar surface area (TPSA) is 93.1 Å². The minimum Gasteiger partial charge on any atom is -0.474 e. The van der Waals surface area contributed by atoms with Crippen LogP contribution >= 0.6 is 11.3 Å². The summed E-state index contributed by atoms with van der Waals surface area (Å²) in [5, 5.41) is 21.4. The maximum atomic E-state index is 11.9. The second-order valence-electron chi connectivity index (χ2n) is 7.76. The van der Waals surface area contributed by atoms with Crippen LogP contribution in [0, 0.1) is 0 Å². The molecule has 2 heterocycles. The summed E-state index contributed by atoms with van der Waals surface area (Å²) in [5.41, 5.74) is 2.91. The molecule has 2 aromatic heterocycles. The van der Waals surface area contributed by atoms with Crippen LogP contribution in [0.1, 0.15) is 50.7 Å². The van der Waals surface area contributed by atoms with Gasteiger partial charge in [-0.3, -0.25) is 9.69 Å². The van der Waals surface area contributed by atoms with Crippen molar-refractivity contribution in [2.24, 2.45) is 0 Å². The molecule has 0 aliphatic heterocycles. The largest absolute Gasteiger partial charge is 0.474 e. The van der Waals surface area contributed by atoms with Crippen molar-refractivity contribution >= 4 is 28.2 Å². The summed E-state index contributed by atoms with van der Waals surface area (Å²) in [6.07, 6.45) is 9.56. The summed E-state index contributed by atoms with van der Waals surface area (Å²) >= 11 is 1.53. The Kier molecular flexibility index (Phi) is 11.1. The number of nitrogens with zero attached hydrogens (tertiary/aromatic N) is 5. The molecule has 2 rings (SSSR count). The standard InChI is InChI=1S/C25H34N6O2S/c1-7-18(4)16-23(32)26-22-15-14-21(27-28-22)12-10-11-13-24-29-30-25(34-24)31(6)19(5)33-17-20(8-2)9-3/h7-9,14-15H,2,5,10-13,16-17H2,1,3-4,6H3,(H,26,28,32)/b18-7+,20-9+. The third kappa shape index (κ3) is 8.90. The molecule has 0 fully saturated rings. The van der Waals surface area contributed by atoms with Gasteiger partial charge in [0, 0.05) is 19.9 Å². The van der Waals surface area contributed by atoms with E-state index >= 15 is 0 Å². The van der Waals surface area contributed by atoms with Gasteiger partial charge in [0.2, 0.25) is 11.0 Å². The number of nitrogens with one attached hydrogen (secondary N) is 1. The molecule has 0 aromatic carbocycles. The fourth-order valence-electron chi connectivity index (χ4n) is 2.80. The number of amides is 1. The third-order valence-corrected chi connectivity index (χ3v) is 6.21. The minimum absolute atomic E-state index is 0.0887. The van der Waals surface area contributed by atoms with Crippen LogP contribution in [-0.2, 0) is 22.4 Å². The van der Waals surface area contributed by atoms with Gasteiger partial charge in [-0.1, -0.05) is 41.7 Å². The van der Waals surface area contributed by atoms with E-state index < -0.39 is 0 Å². The number of anilines is 2. The summed E-state index contributed by atoms with van der Waals surface area (Å²) in [7, 11) is 1.86. The van der Waals surface area contributed by atoms with Gasteiger partial charge in [0.25, 0.3) is 0 Å². The first-order chi connectivity index (χ1) is 16.4. The zero-order valence-electron chi connectivity index (χ0n) is 20.5. The number of allylic oxidation sites excluding steroid dienone is 2. The van der Waals surface area contributed by atoms with E-state index in [1.165, 1.54) is 11.3 Å². The summed E-state index contributed by atoms with van der Waals surface area (Å²) in [6, 6.07) is 3.70. The van der Waals surface area contributed by atoms with Crippen molar-refractivity contribution in [1.82, 2.24) is 20.4 Å². The molecule has 9 heteroatoms. The molecule has 0 unspecified atom stereocenters. The van der Waals surface area contributed by atoms with Crippen LogP contribution in [0.2, 0.25) is 0 Å². The number of aromatic nitrogens is 4. The van der Waals surface area contributed by atoms with E-state index in [-0.39, 0.29) is 5.91 Å². The minimum atomic E-state index is -0.0887. The highest BCUT2D eigenvalue weighted by atomic mass is 32.1. The van der Waals surface area contributed by atoms with Crippen molar-refractivity contribution in [3.8, 4) is 0 Å². The van der Waals surface area contributed by atoms with Gasteiger partial charge in [0.05, 0.1) is 5.69 Å². The van der Waals surface area contributed by atoms with E-state index in [0.717, 1.165) is 52.7 Å². The lowest BCUT2D eigenvalue weighted by Gasteiger charge is -2.18. The third-order valence-electron chi connectivity index (χ3n) is 5.15. The Balaban J connectivity index is 1.74. The van der Waals surface area contributed by atoms with Crippen LogP contribution in [0.4, 0.5) is 10.9 Å². The van der Waals surface area contributed by atoms with Crippen molar-refractivity contribution in [2.75, 3.05) is 23.9 Å². The van der Waals surface area contributed by atoms with Gasteiger partial charge in [-0.2, -0.15) is 5.10 Å². The van der Waals surface area contributed by atoms with Gasteiger partial charge in [-0.15, -0.1) is 15.3 Å². The van der Waals surface area contributed by atoms with Crippen molar-refractivity contribution in [3.05, 3.63) is 71.2 Å². The zero-order valence-corrected chi connectivity index (χ0v) is 21.3. The predicted octanol–water partition coefficient (Wildman–Crippen LogP) is 5.24. The van der Waals surface area contributed by atoms with Gasteiger partial charge in [-0.05, 0) is 64.3 Å². The molecule has 1 N–H and O–H groups in total. The lowest BCUT2D eigenvalue weighted by molar-refractivity contribution is -0.115. The van der Waals surface area contributed by atoms with Gasteiger partial charge in [0.15, 0.2) is 11.7 Å². The molecule has 182 valence electrons. The maximum absolute atomic E-state index is 11.9. The molecule has 0 aliphatic carbocycles. The summed E-state index contributed by atoms with van der Waals surface area (Å²) < 4.78 is 5.70. The number of carbonyl (C=O) groups is 1. The molecule has 0 radical (unpaired) electrons. The van der Waals surface area contributed by atoms with Gasteiger partial charge in [-0.25, -0.2) is 0 Å². The summed E-state index contributed by atoms with van der Waals surface area (Å²) in [4.78, 5) is 13.7. The molecular formula is C25H34N6O2S. The van der Waals surface area contributed by atoms with Crippen LogP contribution in [0.25, 0.3) is 0 Å². The normalized spacial score (nSPS) is 11.8. The molecule has 0 saturated carbocycles. The Bertz CT molecular complexity index is 1030. The summed E-state index contributed by atoms with van der Waals surface area (Å²) in [6.45, 7) is 13.9.